The zero-order chi connectivity index (χ0) is 24.1. The molecule has 2 aliphatic heterocycles. The smallest absolute Gasteiger partial charge is 0.369 e. The first kappa shape index (κ1) is 23.3. The van der Waals surface area contributed by atoms with Gasteiger partial charge in [0.05, 0.1) is 5.41 Å². The number of rotatable bonds is 2. The first-order chi connectivity index (χ1) is 14.7. The number of allylic oxidation sites excluding steroid dienone is 3. The maximum absolute atomic E-state index is 14.9. The molecule has 0 fully saturated rings. The van der Waals surface area contributed by atoms with Crippen LogP contribution in [0.25, 0.3) is 0 Å². The van der Waals surface area contributed by atoms with E-state index >= 15 is 0 Å². The van der Waals surface area contributed by atoms with E-state index in [-0.39, 0.29) is 29.7 Å². The number of aliphatic imine (C=N–C) groups is 1. The van der Waals surface area contributed by atoms with Gasteiger partial charge in [-0.2, -0.15) is 13.2 Å². The first-order valence-electron chi connectivity index (χ1n) is 9.66. The molecular formula is C21H23F4N5O2. The fourth-order valence-electron chi connectivity index (χ4n) is 3.69. The maximum atomic E-state index is 14.9. The number of nitrogens with zero attached hydrogens (tertiary/aromatic N) is 3. The van der Waals surface area contributed by atoms with Gasteiger partial charge in [0.1, 0.15) is 17.1 Å². The van der Waals surface area contributed by atoms with Crippen LogP contribution in [-0.4, -0.2) is 47.5 Å². The number of nitrogens with one attached hydrogen (secondary N) is 1. The van der Waals surface area contributed by atoms with Crippen LogP contribution in [-0.2, 0) is 10.3 Å². The highest BCUT2D eigenvalue weighted by Gasteiger charge is 2.54. The molecule has 11 heteroatoms. The standard InChI is InChI=1S/C21H23F4N5O2/c1-19(2)16(31)29(4)17(26)28-20(19,3)13-11-12(8-9-14(13)22)27-18(32)30-10-6-5-7-15(30)21(23,24)25/h5-9,11H,10H2,1-4H3,(H2,26,28)(H,27,32)/t20-/m1/s1. The fourth-order valence-corrected chi connectivity index (χ4v) is 3.69. The van der Waals surface area contributed by atoms with E-state index < -0.39 is 34.7 Å². The third-order valence-corrected chi connectivity index (χ3v) is 5.98. The van der Waals surface area contributed by atoms with Gasteiger partial charge in [-0.05, 0) is 45.0 Å². The molecular weight excluding hydrogens is 430 g/mol. The minimum atomic E-state index is -4.73. The number of carbonyl (C=O) groups excluding carboxylic acids is 2. The molecule has 0 unspecified atom stereocenters. The van der Waals surface area contributed by atoms with Crippen LogP contribution in [0.15, 0.2) is 47.1 Å². The normalized spacial score (nSPS) is 23.1. The van der Waals surface area contributed by atoms with Crippen molar-refractivity contribution in [3.05, 3.63) is 53.5 Å². The number of benzene rings is 1. The van der Waals surface area contributed by atoms with Crippen molar-refractivity contribution in [3.8, 4) is 0 Å². The summed E-state index contributed by atoms with van der Waals surface area (Å²) in [7, 11) is 1.45. The van der Waals surface area contributed by atoms with E-state index in [2.05, 4.69) is 10.3 Å². The van der Waals surface area contributed by atoms with Crippen molar-refractivity contribution in [2.75, 3.05) is 18.9 Å². The van der Waals surface area contributed by atoms with Gasteiger partial charge in [-0.25, -0.2) is 14.2 Å². The van der Waals surface area contributed by atoms with Gasteiger partial charge in [-0.3, -0.25) is 14.6 Å². The van der Waals surface area contributed by atoms with Crippen LogP contribution < -0.4 is 11.1 Å². The molecule has 3 N–H and O–H groups in total. The van der Waals surface area contributed by atoms with Crippen molar-refractivity contribution in [1.29, 1.82) is 0 Å². The van der Waals surface area contributed by atoms with E-state index in [9.17, 15) is 27.2 Å². The zero-order valence-electron chi connectivity index (χ0n) is 17.9. The predicted molar refractivity (Wildman–Crippen MR) is 111 cm³/mol. The Labute approximate surface area is 182 Å². The Bertz CT molecular complexity index is 1060. The molecule has 1 aromatic carbocycles. The lowest BCUT2D eigenvalue weighted by Gasteiger charge is -2.46. The second kappa shape index (κ2) is 7.64. The summed E-state index contributed by atoms with van der Waals surface area (Å²) in [5, 5.41) is 2.37. The Balaban J connectivity index is 1.98. The van der Waals surface area contributed by atoms with E-state index in [1.807, 2.05) is 0 Å². The third-order valence-electron chi connectivity index (χ3n) is 5.98. The summed E-state index contributed by atoms with van der Waals surface area (Å²) in [6.07, 6.45) is -1.32. The summed E-state index contributed by atoms with van der Waals surface area (Å²) in [6, 6.07) is 2.48. The van der Waals surface area contributed by atoms with E-state index in [0.717, 1.165) is 12.1 Å². The number of halogens is 4. The molecule has 0 aromatic heterocycles. The van der Waals surface area contributed by atoms with Gasteiger partial charge < -0.3 is 11.1 Å². The molecule has 32 heavy (non-hydrogen) atoms. The number of urea groups is 1. The summed E-state index contributed by atoms with van der Waals surface area (Å²) in [5.74, 6) is -1.20. The molecule has 2 heterocycles. The van der Waals surface area contributed by atoms with Crippen LogP contribution in [0.4, 0.5) is 28.0 Å². The van der Waals surface area contributed by atoms with E-state index in [1.165, 1.54) is 43.2 Å². The van der Waals surface area contributed by atoms with Crippen molar-refractivity contribution in [1.82, 2.24) is 9.80 Å². The number of hydrogen-bond donors (Lipinski definition) is 2. The van der Waals surface area contributed by atoms with Crippen molar-refractivity contribution in [3.63, 3.8) is 0 Å². The number of anilines is 1. The molecule has 1 atom stereocenters. The van der Waals surface area contributed by atoms with E-state index in [1.54, 1.807) is 13.8 Å². The van der Waals surface area contributed by atoms with Gasteiger partial charge in [0.25, 0.3) is 0 Å². The summed E-state index contributed by atoms with van der Waals surface area (Å²) >= 11 is 0. The minimum Gasteiger partial charge on any atom is -0.369 e. The lowest BCUT2D eigenvalue weighted by Crippen LogP contribution is -2.58. The molecule has 3 amide bonds. The average Bonchev–Trinajstić information content (AvgIpc) is 2.72. The van der Waals surface area contributed by atoms with Crippen LogP contribution in [0.2, 0.25) is 0 Å². The largest absolute Gasteiger partial charge is 0.431 e. The molecule has 0 saturated heterocycles. The number of guanidine groups is 1. The minimum absolute atomic E-state index is 0.0326. The van der Waals surface area contributed by atoms with Crippen molar-refractivity contribution in [2.24, 2.45) is 16.1 Å². The molecule has 0 aliphatic carbocycles. The molecule has 2 aliphatic rings. The lowest BCUT2D eigenvalue weighted by molar-refractivity contribution is -0.140. The Morgan fingerprint density at radius 2 is 1.91 bits per heavy atom. The SMILES string of the molecule is CN1C(=O)C(C)(C)[C@@](C)(c2cc(NC(=O)N3CC=CC=C3C(F)(F)F)ccc2F)N=C1N. The molecule has 0 saturated carbocycles. The molecule has 0 radical (unpaired) electrons. The van der Waals surface area contributed by atoms with Crippen LogP contribution >= 0.6 is 0 Å². The molecule has 0 spiro atoms. The monoisotopic (exact) mass is 453 g/mol. The summed E-state index contributed by atoms with van der Waals surface area (Å²) < 4.78 is 54.6. The van der Waals surface area contributed by atoms with Crippen molar-refractivity contribution < 1.29 is 27.2 Å². The number of alkyl halides is 3. The van der Waals surface area contributed by atoms with Crippen LogP contribution in [0.1, 0.15) is 26.3 Å². The van der Waals surface area contributed by atoms with Crippen molar-refractivity contribution >= 4 is 23.6 Å². The van der Waals surface area contributed by atoms with Crippen LogP contribution in [0.3, 0.4) is 0 Å². The lowest BCUT2D eigenvalue weighted by atomic mass is 9.67. The number of hydrogen-bond acceptors (Lipinski definition) is 4. The highest BCUT2D eigenvalue weighted by Crippen LogP contribution is 2.47. The van der Waals surface area contributed by atoms with Gasteiger partial charge in [0.2, 0.25) is 5.91 Å². The number of nitrogens with two attached hydrogens (primary N) is 1. The Morgan fingerprint density at radius 3 is 2.53 bits per heavy atom. The molecule has 7 nitrogen and oxygen atoms in total. The first-order valence-corrected chi connectivity index (χ1v) is 9.66. The Morgan fingerprint density at radius 1 is 1.25 bits per heavy atom. The Hall–Kier alpha value is -3.37. The maximum Gasteiger partial charge on any atom is 0.431 e. The number of amides is 3. The third kappa shape index (κ3) is 3.71. The molecule has 1 aromatic rings. The molecule has 172 valence electrons. The average molecular weight is 453 g/mol. The number of carbonyl (C=O) groups is 2. The van der Waals surface area contributed by atoms with Gasteiger partial charge in [0.15, 0.2) is 5.96 Å². The van der Waals surface area contributed by atoms with Crippen LogP contribution in [0, 0.1) is 11.2 Å². The zero-order valence-corrected chi connectivity index (χ0v) is 17.9. The topological polar surface area (TPSA) is 91.0 Å². The van der Waals surface area contributed by atoms with Crippen molar-refractivity contribution in [2.45, 2.75) is 32.5 Å². The predicted octanol–water partition coefficient (Wildman–Crippen LogP) is 3.70. The van der Waals surface area contributed by atoms with Gasteiger partial charge in [-0.1, -0.05) is 12.2 Å². The molecule has 3 rings (SSSR count). The second-order valence-corrected chi connectivity index (χ2v) is 8.24. The van der Waals surface area contributed by atoms with E-state index in [0.29, 0.717) is 4.90 Å². The quantitative estimate of drug-likeness (QED) is 0.669. The highest BCUT2D eigenvalue weighted by molar-refractivity contribution is 6.01. The Kier molecular flexibility index (Phi) is 5.56. The summed E-state index contributed by atoms with van der Waals surface area (Å²) in [6.45, 7) is 4.44. The second-order valence-electron chi connectivity index (χ2n) is 8.24. The summed E-state index contributed by atoms with van der Waals surface area (Å²) in [4.78, 5) is 31.4. The fraction of sp³-hybridized carbons (Fsp3) is 0.381. The summed E-state index contributed by atoms with van der Waals surface area (Å²) in [5.41, 5.74) is 2.11. The van der Waals surface area contributed by atoms with Gasteiger partial charge >= 0.3 is 12.2 Å². The molecule has 0 bridgehead atoms. The van der Waals surface area contributed by atoms with Crippen LogP contribution in [0.5, 0.6) is 0 Å². The van der Waals surface area contributed by atoms with Gasteiger partial charge in [-0.15, -0.1) is 0 Å². The highest BCUT2D eigenvalue weighted by atomic mass is 19.4. The van der Waals surface area contributed by atoms with Gasteiger partial charge in [0, 0.05) is 24.8 Å². The van der Waals surface area contributed by atoms with E-state index in [4.69, 9.17) is 5.73 Å².